The third kappa shape index (κ3) is 5.77. The molecule has 0 radical (unpaired) electrons. The lowest BCUT2D eigenvalue weighted by Gasteiger charge is -2.08. The van der Waals surface area contributed by atoms with Crippen LogP contribution in [0.3, 0.4) is 0 Å². The second kappa shape index (κ2) is 8.36. The van der Waals surface area contributed by atoms with Crippen LogP contribution in [0.15, 0.2) is 42.6 Å². The molecule has 1 aromatic carbocycles. The van der Waals surface area contributed by atoms with E-state index in [-0.39, 0.29) is 11.8 Å². The van der Waals surface area contributed by atoms with E-state index in [0.29, 0.717) is 16.5 Å². The summed E-state index contributed by atoms with van der Waals surface area (Å²) in [6.07, 6.45) is 1.49. The van der Waals surface area contributed by atoms with E-state index in [1.54, 1.807) is 36.4 Å². The molecule has 0 aliphatic heterocycles. The summed E-state index contributed by atoms with van der Waals surface area (Å²) in [7, 11) is 0. The summed E-state index contributed by atoms with van der Waals surface area (Å²) in [5.74, 6) is -0.783. The standard InChI is InChI=1S/C15H12Cl2N2O4/c16-10-3-1-4-11(7-10)22-9-14(21)23-8-13(20)19-12-5-2-6-18-15(12)17/h1-7H,8-9H2,(H,19,20). The van der Waals surface area contributed by atoms with Crippen LogP contribution < -0.4 is 10.1 Å². The first kappa shape index (κ1) is 17.1. The van der Waals surface area contributed by atoms with Gasteiger partial charge in [-0.3, -0.25) is 4.79 Å². The molecular formula is C15H12Cl2N2O4. The lowest BCUT2D eigenvalue weighted by atomic mass is 10.3. The monoisotopic (exact) mass is 354 g/mol. The Morgan fingerprint density at radius 2 is 1.96 bits per heavy atom. The molecular weight excluding hydrogens is 343 g/mol. The van der Waals surface area contributed by atoms with Crippen LogP contribution >= 0.6 is 23.2 Å². The van der Waals surface area contributed by atoms with Crippen molar-refractivity contribution in [2.24, 2.45) is 0 Å². The number of pyridine rings is 1. The van der Waals surface area contributed by atoms with E-state index in [9.17, 15) is 9.59 Å². The molecule has 0 saturated carbocycles. The molecule has 6 nitrogen and oxygen atoms in total. The summed E-state index contributed by atoms with van der Waals surface area (Å²) in [5, 5.41) is 3.12. The van der Waals surface area contributed by atoms with Gasteiger partial charge in [0, 0.05) is 11.2 Å². The Morgan fingerprint density at radius 1 is 1.13 bits per heavy atom. The molecule has 2 aromatic rings. The quantitative estimate of drug-likeness (QED) is 0.637. The van der Waals surface area contributed by atoms with Crippen LogP contribution in [0.5, 0.6) is 5.75 Å². The molecule has 0 saturated heterocycles. The Hall–Kier alpha value is -2.31. The number of nitrogens with one attached hydrogen (secondary N) is 1. The maximum absolute atomic E-state index is 11.7. The van der Waals surface area contributed by atoms with Crippen LogP contribution in [-0.2, 0) is 14.3 Å². The highest BCUT2D eigenvalue weighted by atomic mass is 35.5. The molecule has 0 aliphatic rings. The molecule has 0 aliphatic carbocycles. The van der Waals surface area contributed by atoms with Crippen molar-refractivity contribution in [1.82, 2.24) is 4.98 Å². The molecule has 0 bridgehead atoms. The topological polar surface area (TPSA) is 77.5 Å². The number of halogens is 2. The Kier molecular flexibility index (Phi) is 6.19. The van der Waals surface area contributed by atoms with E-state index in [1.807, 2.05) is 0 Å². The average Bonchev–Trinajstić information content (AvgIpc) is 2.53. The molecule has 23 heavy (non-hydrogen) atoms. The molecule has 1 amide bonds. The molecule has 120 valence electrons. The first-order valence-corrected chi connectivity index (χ1v) is 7.24. The van der Waals surface area contributed by atoms with Crippen LogP contribution in [0.2, 0.25) is 10.2 Å². The minimum atomic E-state index is -0.683. The number of amides is 1. The second-order valence-corrected chi connectivity index (χ2v) is 5.09. The zero-order valence-electron chi connectivity index (χ0n) is 11.8. The largest absolute Gasteiger partial charge is 0.482 e. The van der Waals surface area contributed by atoms with E-state index in [4.69, 9.17) is 32.7 Å². The lowest BCUT2D eigenvalue weighted by molar-refractivity contribution is -0.149. The van der Waals surface area contributed by atoms with E-state index < -0.39 is 18.5 Å². The average molecular weight is 355 g/mol. The van der Waals surface area contributed by atoms with Crippen molar-refractivity contribution in [3.63, 3.8) is 0 Å². The fourth-order valence-electron chi connectivity index (χ4n) is 1.55. The predicted octanol–water partition coefficient (Wildman–Crippen LogP) is 2.95. The zero-order valence-corrected chi connectivity index (χ0v) is 13.3. The van der Waals surface area contributed by atoms with Crippen molar-refractivity contribution < 1.29 is 19.1 Å². The number of carbonyl (C=O) groups is 2. The van der Waals surface area contributed by atoms with Crippen molar-refractivity contribution >= 4 is 40.8 Å². The maximum atomic E-state index is 11.7. The minimum Gasteiger partial charge on any atom is -0.482 e. The Balaban J connectivity index is 1.74. The van der Waals surface area contributed by atoms with Gasteiger partial charge in [-0.2, -0.15) is 0 Å². The first-order chi connectivity index (χ1) is 11.0. The number of anilines is 1. The van der Waals surface area contributed by atoms with Gasteiger partial charge in [0.25, 0.3) is 5.91 Å². The maximum Gasteiger partial charge on any atom is 0.344 e. The van der Waals surface area contributed by atoms with Gasteiger partial charge in [0.15, 0.2) is 18.4 Å². The molecule has 1 N–H and O–H groups in total. The molecule has 1 aromatic heterocycles. The number of ether oxygens (including phenoxy) is 2. The number of esters is 1. The number of rotatable bonds is 6. The SMILES string of the molecule is O=C(COC(=O)COc1cccc(Cl)c1)Nc1cccnc1Cl. The molecule has 0 fully saturated rings. The lowest BCUT2D eigenvalue weighted by Crippen LogP contribution is -2.23. The van der Waals surface area contributed by atoms with Crippen LogP contribution in [0.1, 0.15) is 0 Å². The highest BCUT2D eigenvalue weighted by Gasteiger charge is 2.10. The minimum absolute atomic E-state index is 0.150. The summed E-state index contributed by atoms with van der Waals surface area (Å²) in [6, 6.07) is 9.78. The number of aromatic nitrogens is 1. The second-order valence-electron chi connectivity index (χ2n) is 4.30. The van der Waals surface area contributed by atoms with Gasteiger partial charge in [0.1, 0.15) is 5.75 Å². The molecule has 2 rings (SSSR count). The van der Waals surface area contributed by atoms with Gasteiger partial charge in [-0.05, 0) is 30.3 Å². The third-order valence-electron chi connectivity index (χ3n) is 2.55. The summed E-state index contributed by atoms with van der Waals surface area (Å²) in [4.78, 5) is 27.0. The summed E-state index contributed by atoms with van der Waals surface area (Å²) < 4.78 is 9.99. The highest BCUT2D eigenvalue weighted by molar-refractivity contribution is 6.32. The Morgan fingerprint density at radius 3 is 2.70 bits per heavy atom. The molecule has 0 atom stereocenters. The molecule has 0 unspecified atom stereocenters. The van der Waals surface area contributed by atoms with Crippen molar-refractivity contribution in [3.05, 3.63) is 52.8 Å². The summed E-state index contributed by atoms with van der Waals surface area (Å²) >= 11 is 11.6. The number of benzene rings is 1. The van der Waals surface area contributed by atoms with Gasteiger partial charge in [-0.15, -0.1) is 0 Å². The van der Waals surface area contributed by atoms with Crippen LogP contribution in [0.25, 0.3) is 0 Å². The summed E-state index contributed by atoms with van der Waals surface area (Å²) in [6.45, 7) is -0.787. The summed E-state index contributed by atoms with van der Waals surface area (Å²) in [5.41, 5.74) is 0.338. The van der Waals surface area contributed by atoms with Crippen LogP contribution in [0, 0.1) is 0 Å². The first-order valence-electron chi connectivity index (χ1n) is 6.49. The number of hydrogen-bond donors (Lipinski definition) is 1. The Labute approximate surface area is 142 Å². The van der Waals surface area contributed by atoms with Gasteiger partial charge in [0.2, 0.25) is 0 Å². The van der Waals surface area contributed by atoms with Crippen LogP contribution in [-0.4, -0.2) is 30.1 Å². The zero-order chi connectivity index (χ0) is 16.7. The molecule has 8 heteroatoms. The van der Waals surface area contributed by atoms with Gasteiger partial charge >= 0.3 is 5.97 Å². The normalized spacial score (nSPS) is 10.0. The van der Waals surface area contributed by atoms with Gasteiger partial charge in [-0.25, -0.2) is 9.78 Å². The number of carbonyl (C=O) groups excluding carboxylic acids is 2. The number of hydrogen-bond acceptors (Lipinski definition) is 5. The van der Waals surface area contributed by atoms with Gasteiger partial charge < -0.3 is 14.8 Å². The predicted molar refractivity (Wildman–Crippen MR) is 85.8 cm³/mol. The van der Waals surface area contributed by atoms with Gasteiger partial charge in [0.05, 0.1) is 5.69 Å². The highest BCUT2D eigenvalue weighted by Crippen LogP contribution is 2.18. The van der Waals surface area contributed by atoms with Crippen molar-refractivity contribution in [1.29, 1.82) is 0 Å². The molecule has 1 heterocycles. The van der Waals surface area contributed by atoms with Crippen molar-refractivity contribution in [2.45, 2.75) is 0 Å². The van der Waals surface area contributed by atoms with Crippen LogP contribution in [0.4, 0.5) is 5.69 Å². The van der Waals surface area contributed by atoms with E-state index >= 15 is 0 Å². The third-order valence-corrected chi connectivity index (χ3v) is 3.09. The number of nitrogens with zero attached hydrogens (tertiary/aromatic N) is 1. The van der Waals surface area contributed by atoms with E-state index in [2.05, 4.69) is 10.3 Å². The Bertz CT molecular complexity index is 709. The van der Waals surface area contributed by atoms with Gasteiger partial charge in [-0.1, -0.05) is 29.3 Å². The fraction of sp³-hybridized carbons (Fsp3) is 0.133. The van der Waals surface area contributed by atoms with Crippen molar-refractivity contribution in [2.75, 3.05) is 18.5 Å². The molecule has 0 spiro atoms. The van der Waals surface area contributed by atoms with E-state index in [0.717, 1.165) is 0 Å². The fourth-order valence-corrected chi connectivity index (χ4v) is 1.90. The smallest absolute Gasteiger partial charge is 0.344 e. The van der Waals surface area contributed by atoms with E-state index in [1.165, 1.54) is 6.20 Å². The van der Waals surface area contributed by atoms with Crippen molar-refractivity contribution in [3.8, 4) is 5.75 Å².